The molecule has 0 fully saturated rings. The first-order valence-corrected chi connectivity index (χ1v) is 6.46. The molecule has 0 saturated carbocycles. The quantitative estimate of drug-likeness (QED) is 0.520. The van der Waals surface area contributed by atoms with E-state index in [0.717, 1.165) is 0 Å². The van der Waals surface area contributed by atoms with Crippen molar-refractivity contribution < 1.29 is 101 Å². The Labute approximate surface area is 205 Å². The number of carbonyl (C=O) groups excluding carboxylic acids is 2. The number of carbonyl (C=O) groups is 2. The molecule has 4 N–H and O–H groups in total. The zero-order chi connectivity index (χ0) is 16.5. The SMILES string of the molecule is NC(C(=O)[O-])c1ccccc1.NC(C(=O)[O-])c1ccccc1.[K+].[Na+]. The van der Waals surface area contributed by atoms with Crippen LogP contribution < -0.4 is 103 Å². The topological polar surface area (TPSA) is 132 Å². The van der Waals surface area contributed by atoms with E-state index in [1.165, 1.54) is 0 Å². The van der Waals surface area contributed by atoms with Crippen molar-refractivity contribution >= 4 is 11.9 Å². The number of benzene rings is 2. The Morgan fingerprint density at radius 2 is 0.958 bits per heavy atom. The van der Waals surface area contributed by atoms with Crippen LogP contribution in [0.4, 0.5) is 0 Å². The Bertz CT molecular complexity index is 558. The Kier molecular flexibility index (Phi) is 15.4. The zero-order valence-electron chi connectivity index (χ0n) is 13.7. The molecule has 0 spiro atoms. The minimum atomic E-state index is -1.25. The monoisotopic (exact) mass is 362 g/mol. The van der Waals surface area contributed by atoms with Crippen molar-refractivity contribution in [3.63, 3.8) is 0 Å². The fourth-order valence-electron chi connectivity index (χ4n) is 1.59. The normalized spacial score (nSPS) is 11.4. The van der Waals surface area contributed by atoms with Gasteiger partial charge in [0.2, 0.25) is 0 Å². The molecule has 0 aliphatic carbocycles. The molecule has 0 aromatic heterocycles. The third kappa shape index (κ3) is 9.43. The summed E-state index contributed by atoms with van der Waals surface area (Å²) in [4.78, 5) is 20.5. The van der Waals surface area contributed by atoms with E-state index in [1.807, 2.05) is 0 Å². The second-order valence-electron chi connectivity index (χ2n) is 4.41. The van der Waals surface area contributed by atoms with Gasteiger partial charge in [0.25, 0.3) is 0 Å². The van der Waals surface area contributed by atoms with Crippen LogP contribution in [0.3, 0.4) is 0 Å². The molecule has 6 nitrogen and oxygen atoms in total. The molecule has 0 bridgehead atoms. The summed E-state index contributed by atoms with van der Waals surface area (Å²) in [6, 6.07) is 15.1. The summed E-state index contributed by atoms with van der Waals surface area (Å²) in [5, 5.41) is 20.5. The van der Waals surface area contributed by atoms with Crippen LogP contribution in [0.1, 0.15) is 23.2 Å². The molecule has 0 aliphatic rings. The molecule has 2 rings (SSSR count). The molecule has 2 aromatic carbocycles. The van der Waals surface area contributed by atoms with Crippen molar-refractivity contribution in [3.8, 4) is 0 Å². The minimum Gasteiger partial charge on any atom is -0.548 e. The Morgan fingerprint density at radius 1 is 0.708 bits per heavy atom. The van der Waals surface area contributed by atoms with Gasteiger partial charge in [-0.2, -0.15) is 0 Å². The van der Waals surface area contributed by atoms with Gasteiger partial charge in [0, 0.05) is 0 Å². The van der Waals surface area contributed by atoms with Crippen LogP contribution >= 0.6 is 0 Å². The summed E-state index contributed by atoms with van der Waals surface area (Å²) in [6.07, 6.45) is 0. The average Bonchev–Trinajstić information content (AvgIpc) is 2.55. The number of nitrogens with two attached hydrogens (primary N) is 2. The van der Waals surface area contributed by atoms with Crippen LogP contribution in [0.25, 0.3) is 0 Å². The largest absolute Gasteiger partial charge is 1.00 e. The van der Waals surface area contributed by atoms with Gasteiger partial charge in [-0.05, 0) is 11.1 Å². The van der Waals surface area contributed by atoms with E-state index in [-0.39, 0.29) is 80.9 Å². The van der Waals surface area contributed by atoms with E-state index < -0.39 is 24.0 Å². The summed E-state index contributed by atoms with van der Waals surface area (Å²) >= 11 is 0. The maximum atomic E-state index is 10.3. The number of aliphatic carboxylic acids is 2. The molecule has 0 heterocycles. The molecule has 2 atom stereocenters. The first kappa shape index (κ1) is 26.2. The average molecular weight is 362 g/mol. The van der Waals surface area contributed by atoms with Gasteiger partial charge < -0.3 is 31.3 Å². The van der Waals surface area contributed by atoms with E-state index in [4.69, 9.17) is 11.5 Å². The molecule has 24 heavy (non-hydrogen) atoms. The number of hydrogen-bond donors (Lipinski definition) is 2. The van der Waals surface area contributed by atoms with E-state index in [0.29, 0.717) is 11.1 Å². The standard InChI is InChI=1S/2C8H9NO2.K.Na/c2*9-7(8(10)11)6-4-2-1-3-5-6;;/h2*1-5,7H,9H2,(H,10,11);;/q;;2*+1/p-2. The molecule has 0 radical (unpaired) electrons. The van der Waals surface area contributed by atoms with E-state index in [1.54, 1.807) is 60.7 Å². The van der Waals surface area contributed by atoms with Gasteiger partial charge in [0.15, 0.2) is 0 Å². The van der Waals surface area contributed by atoms with Crippen LogP contribution in [-0.4, -0.2) is 11.9 Å². The predicted molar refractivity (Wildman–Crippen MR) is 76.8 cm³/mol. The van der Waals surface area contributed by atoms with Crippen LogP contribution in [-0.2, 0) is 9.59 Å². The van der Waals surface area contributed by atoms with Gasteiger partial charge in [0.05, 0.1) is 24.0 Å². The van der Waals surface area contributed by atoms with Crippen molar-refractivity contribution in [3.05, 3.63) is 71.8 Å². The van der Waals surface area contributed by atoms with E-state index in [9.17, 15) is 19.8 Å². The molecule has 2 aromatic rings. The second-order valence-corrected chi connectivity index (χ2v) is 4.41. The molecule has 2 unspecified atom stereocenters. The van der Waals surface area contributed by atoms with Gasteiger partial charge in [-0.25, -0.2) is 0 Å². The number of hydrogen-bond acceptors (Lipinski definition) is 6. The smallest absolute Gasteiger partial charge is 0.548 e. The van der Waals surface area contributed by atoms with Gasteiger partial charge in [-0.1, -0.05) is 60.7 Å². The van der Waals surface area contributed by atoms with Crippen molar-refractivity contribution in [1.82, 2.24) is 0 Å². The zero-order valence-corrected chi connectivity index (χ0v) is 18.8. The first-order chi connectivity index (χ1) is 10.4. The van der Waals surface area contributed by atoms with Crippen LogP contribution in [0.5, 0.6) is 0 Å². The fraction of sp³-hybridized carbons (Fsp3) is 0.125. The van der Waals surface area contributed by atoms with Crippen molar-refractivity contribution in [2.75, 3.05) is 0 Å². The minimum absolute atomic E-state index is 0. The first-order valence-electron chi connectivity index (χ1n) is 6.46. The second kappa shape index (κ2) is 14.1. The van der Waals surface area contributed by atoms with E-state index >= 15 is 0 Å². The molecular formula is C16H16KN2NaO4. The molecule has 0 saturated heterocycles. The van der Waals surface area contributed by atoms with Gasteiger partial charge >= 0.3 is 80.9 Å². The maximum absolute atomic E-state index is 10.3. The Morgan fingerprint density at radius 3 is 1.17 bits per heavy atom. The Hall–Kier alpha value is -0.0636. The number of rotatable bonds is 4. The Balaban J connectivity index is 0. The third-order valence-electron chi connectivity index (χ3n) is 2.83. The summed E-state index contributed by atoms with van der Waals surface area (Å²) < 4.78 is 0. The third-order valence-corrected chi connectivity index (χ3v) is 2.83. The molecule has 0 amide bonds. The van der Waals surface area contributed by atoms with Gasteiger partial charge in [-0.3, -0.25) is 0 Å². The van der Waals surface area contributed by atoms with Crippen molar-refractivity contribution in [1.29, 1.82) is 0 Å². The van der Waals surface area contributed by atoms with Crippen LogP contribution in [0.2, 0.25) is 0 Å². The molecular weight excluding hydrogens is 346 g/mol. The maximum Gasteiger partial charge on any atom is 1.00 e. The number of carboxylic acids is 2. The van der Waals surface area contributed by atoms with Gasteiger partial charge in [0.1, 0.15) is 0 Å². The molecule has 116 valence electrons. The van der Waals surface area contributed by atoms with Gasteiger partial charge in [-0.15, -0.1) is 0 Å². The molecule has 0 aliphatic heterocycles. The summed E-state index contributed by atoms with van der Waals surface area (Å²) in [5.41, 5.74) is 11.7. The van der Waals surface area contributed by atoms with Crippen molar-refractivity contribution in [2.45, 2.75) is 12.1 Å². The predicted octanol–water partition coefficient (Wildman–Crippen LogP) is -7.12. The number of carboxylic acid groups (broad SMARTS) is 2. The molecule has 8 heteroatoms. The summed E-state index contributed by atoms with van der Waals surface area (Å²) in [6.45, 7) is 0. The van der Waals surface area contributed by atoms with Crippen molar-refractivity contribution in [2.24, 2.45) is 11.5 Å². The summed E-state index contributed by atoms with van der Waals surface area (Å²) in [5.74, 6) is -2.51. The van der Waals surface area contributed by atoms with Crippen LogP contribution in [0, 0.1) is 0 Å². The fourth-order valence-corrected chi connectivity index (χ4v) is 1.59. The summed E-state index contributed by atoms with van der Waals surface area (Å²) in [7, 11) is 0. The van der Waals surface area contributed by atoms with Crippen LogP contribution in [0.15, 0.2) is 60.7 Å². The van der Waals surface area contributed by atoms with E-state index in [2.05, 4.69) is 0 Å².